The van der Waals surface area contributed by atoms with E-state index >= 15 is 0 Å². The van der Waals surface area contributed by atoms with E-state index < -0.39 is 0 Å². The molecule has 2 aromatic rings. The van der Waals surface area contributed by atoms with Crippen molar-refractivity contribution in [3.8, 4) is 11.3 Å². The largest absolute Gasteiger partial charge is 0.355 e. The number of pyridine rings is 1. The van der Waals surface area contributed by atoms with Gasteiger partial charge < -0.3 is 5.32 Å². The lowest BCUT2D eigenvalue weighted by Crippen LogP contribution is -2.29. The summed E-state index contributed by atoms with van der Waals surface area (Å²) in [6, 6.07) is 5.57. The number of hydrogen-bond donors (Lipinski definition) is 1. The lowest BCUT2D eigenvalue weighted by atomic mass is 9.91. The zero-order chi connectivity index (χ0) is 15.0. The predicted molar refractivity (Wildman–Crippen MR) is 83.5 cm³/mol. The van der Waals surface area contributed by atoms with Gasteiger partial charge in [0.1, 0.15) is 0 Å². The van der Waals surface area contributed by atoms with Crippen LogP contribution in [-0.4, -0.2) is 21.1 Å². The number of hydrogen-bond acceptors (Lipinski definition) is 4. The fraction of sp³-hybridized carbons (Fsp3) is 0.438. The van der Waals surface area contributed by atoms with Crippen molar-refractivity contribution in [1.82, 2.24) is 14.5 Å². The third kappa shape index (κ3) is 2.68. The van der Waals surface area contributed by atoms with Gasteiger partial charge in [0.25, 0.3) is 5.56 Å². The third-order valence-corrected chi connectivity index (χ3v) is 3.68. The molecule has 0 saturated heterocycles. The van der Waals surface area contributed by atoms with Gasteiger partial charge in [0.05, 0.1) is 5.69 Å². The summed E-state index contributed by atoms with van der Waals surface area (Å²) in [5.41, 5.74) is 2.58. The van der Waals surface area contributed by atoms with Gasteiger partial charge in [0.2, 0.25) is 5.95 Å². The first-order valence-electron chi connectivity index (χ1n) is 7.28. The molecule has 0 amide bonds. The Kier molecular flexibility index (Phi) is 3.27. The van der Waals surface area contributed by atoms with E-state index in [-0.39, 0.29) is 11.0 Å². The van der Waals surface area contributed by atoms with E-state index in [0.29, 0.717) is 11.6 Å². The van der Waals surface area contributed by atoms with Crippen molar-refractivity contribution < 1.29 is 0 Å². The van der Waals surface area contributed by atoms with Crippen LogP contribution in [-0.2, 0) is 12.0 Å². The zero-order valence-electron chi connectivity index (χ0n) is 12.7. The van der Waals surface area contributed by atoms with Gasteiger partial charge in [-0.05, 0) is 18.6 Å². The zero-order valence-corrected chi connectivity index (χ0v) is 12.7. The van der Waals surface area contributed by atoms with Crippen molar-refractivity contribution >= 4 is 5.95 Å². The summed E-state index contributed by atoms with van der Waals surface area (Å²) in [5, 5.41) is 3.18. The minimum Gasteiger partial charge on any atom is -0.355 e. The molecule has 3 heterocycles. The Morgan fingerprint density at radius 3 is 2.76 bits per heavy atom. The highest BCUT2D eigenvalue weighted by molar-refractivity contribution is 5.59. The Morgan fingerprint density at radius 2 is 2.10 bits per heavy atom. The van der Waals surface area contributed by atoms with Crippen LogP contribution in [0.2, 0.25) is 0 Å². The Bertz CT molecular complexity index is 711. The molecule has 3 rings (SSSR count). The van der Waals surface area contributed by atoms with Gasteiger partial charge in [-0.3, -0.25) is 14.3 Å². The van der Waals surface area contributed by atoms with Gasteiger partial charge in [-0.25, -0.2) is 4.98 Å². The standard InChI is InChI=1S/C16H20N4O/c1-16(2,3)13-6-5-11(10-18-13)12-9-14(21)20-8-4-7-17-15(20)19-12/h5-6,9-10H,4,7-8H2,1-3H3,(H,17,19). The smallest absolute Gasteiger partial charge is 0.255 e. The average molecular weight is 284 g/mol. The van der Waals surface area contributed by atoms with E-state index in [2.05, 4.69) is 36.1 Å². The van der Waals surface area contributed by atoms with E-state index in [1.54, 1.807) is 16.8 Å². The van der Waals surface area contributed by atoms with Crippen molar-refractivity contribution in [2.24, 2.45) is 0 Å². The van der Waals surface area contributed by atoms with Gasteiger partial charge in [0, 0.05) is 42.0 Å². The molecule has 0 aromatic carbocycles. The third-order valence-electron chi connectivity index (χ3n) is 3.68. The second-order valence-corrected chi connectivity index (χ2v) is 6.42. The Morgan fingerprint density at radius 1 is 1.29 bits per heavy atom. The monoisotopic (exact) mass is 284 g/mol. The lowest BCUT2D eigenvalue weighted by molar-refractivity contribution is 0.569. The Labute approximate surface area is 124 Å². The van der Waals surface area contributed by atoms with Crippen molar-refractivity contribution in [3.63, 3.8) is 0 Å². The molecule has 0 unspecified atom stereocenters. The van der Waals surface area contributed by atoms with Crippen LogP contribution in [0.25, 0.3) is 11.3 Å². The molecule has 5 heteroatoms. The highest BCUT2D eigenvalue weighted by Gasteiger charge is 2.16. The highest BCUT2D eigenvalue weighted by Crippen LogP contribution is 2.23. The topological polar surface area (TPSA) is 59.8 Å². The fourth-order valence-electron chi connectivity index (χ4n) is 2.43. The maximum atomic E-state index is 12.1. The quantitative estimate of drug-likeness (QED) is 0.873. The molecular formula is C16H20N4O. The summed E-state index contributed by atoms with van der Waals surface area (Å²) in [4.78, 5) is 21.2. The summed E-state index contributed by atoms with van der Waals surface area (Å²) in [6.45, 7) is 7.97. The molecule has 21 heavy (non-hydrogen) atoms. The molecule has 0 saturated carbocycles. The predicted octanol–water partition coefficient (Wildman–Crippen LogP) is 2.42. The SMILES string of the molecule is CC(C)(C)c1ccc(-c2cc(=O)n3c(n2)NCCC3)cn1. The fourth-order valence-corrected chi connectivity index (χ4v) is 2.43. The minimum atomic E-state index is -0.0119. The summed E-state index contributed by atoms with van der Waals surface area (Å²) < 4.78 is 1.68. The van der Waals surface area contributed by atoms with Crippen molar-refractivity contribution in [2.45, 2.75) is 39.2 Å². The molecule has 0 spiro atoms. The summed E-state index contributed by atoms with van der Waals surface area (Å²) >= 11 is 0. The summed E-state index contributed by atoms with van der Waals surface area (Å²) in [6.07, 6.45) is 2.75. The number of aromatic nitrogens is 3. The molecular weight excluding hydrogens is 264 g/mol. The molecule has 1 aliphatic heterocycles. The molecule has 110 valence electrons. The van der Waals surface area contributed by atoms with Gasteiger partial charge in [-0.2, -0.15) is 0 Å². The van der Waals surface area contributed by atoms with Crippen LogP contribution in [0.5, 0.6) is 0 Å². The first-order chi connectivity index (χ1) is 9.95. The van der Waals surface area contributed by atoms with Crippen LogP contribution in [0.15, 0.2) is 29.2 Å². The van der Waals surface area contributed by atoms with E-state index in [0.717, 1.165) is 30.8 Å². The Hall–Kier alpha value is -2.17. The number of nitrogens with one attached hydrogen (secondary N) is 1. The highest BCUT2D eigenvalue weighted by atomic mass is 16.1. The maximum Gasteiger partial charge on any atom is 0.255 e. The second-order valence-electron chi connectivity index (χ2n) is 6.42. The number of rotatable bonds is 1. The molecule has 0 atom stereocenters. The van der Waals surface area contributed by atoms with Gasteiger partial charge in [0.15, 0.2) is 0 Å². The van der Waals surface area contributed by atoms with Crippen LogP contribution >= 0.6 is 0 Å². The first kappa shape index (κ1) is 13.8. The summed E-state index contributed by atoms with van der Waals surface area (Å²) in [7, 11) is 0. The van der Waals surface area contributed by atoms with E-state index in [4.69, 9.17) is 0 Å². The molecule has 0 radical (unpaired) electrons. The molecule has 5 nitrogen and oxygen atoms in total. The normalized spacial score (nSPS) is 14.4. The van der Waals surface area contributed by atoms with E-state index in [9.17, 15) is 4.79 Å². The van der Waals surface area contributed by atoms with Crippen molar-refractivity contribution in [3.05, 3.63) is 40.4 Å². The van der Waals surface area contributed by atoms with Gasteiger partial charge in [-0.15, -0.1) is 0 Å². The molecule has 0 fully saturated rings. The van der Waals surface area contributed by atoms with E-state index in [1.807, 2.05) is 12.1 Å². The van der Waals surface area contributed by atoms with Crippen LogP contribution in [0.4, 0.5) is 5.95 Å². The second kappa shape index (κ2) is 4.98. The van der Waals surface area contributed by atoms with Crippen molar-refractivity contribution in [1.29, 1.82) is 0 Å². The number of anilines is 1. The lowest BCUT2D eigenvalue weighted by Gasteiger charge is -2.20. The van der Waals surface area contributed by atoms with Crippen LogP contribution in [0.1, 0.15) is 32.9 Å². The Balaban J connectivity index is 2.01. The molecule has 1 aliphatic rings. The molecule has 1 N–H and O–H groups in total. The average Bonchev–Trinajstić information content (AvgIpc) is 2.46. The van der Waals surface area contributed by atoms with E-state index in [1.165, 1.54) is 0 Å². The van der Waals surface area contributed by atoms with Crippen LogP contribution < -0.4 is 10.9 Å². The van der Waals surface area contributed by atoms with Crippen LogP contribution in [0, 0.1) is 0 Å². The maximum absolute atomic E-state index is 12.1. The number of nitrogens with zero attached hydrogens (tertiary/aromatic N) is 3. The number of fused-ring (bicyclic) bond motifs is 1. The van der Waals surface area contributed by atoms with Gasteiger partial charge >= 0.3 is 0 Å². The molecule has 2 aromatic heterocycles. The molecule has 0 aliphatic carbocycles. The minimum absolute atomic E-state index is 0.0119. The molecule has 0 bridgehead atoms. The summed E-state index contributed by atoms with van der Waals surface area (Å²) in [5.74, 6) is 0.656. The van der Waals surface area contributed by atoms with Crippen LogP contribution in [0.3, 0.4) is 0 Å². The van der Waals surface area contributed by atoms with Gasteiger partial charge in [-0.1, -0.05) is 20.8 Å². The first-order valence-corrected chi connectivity index (χ1v) is 7.28. The van der Waals surface area contributed by atoms with Crippen molar-refractivity contribution in [2.75, 3.05) is 11.9 Å².